The van der Waals surface area contributed by atoms with Gasteiger partial charge in [0.05, 0.1) is 5.03 Å². The molecule has 0 amide bonds. The van der Waals surface area contributed by atoms with Crippen LogP contribution in [0.2, 0.25) is 0 Å². The molecule has 13 heavy (non-hydrogen) atoms. The third-order valence-electron chi connectivity index (χ3n) is 1.68. The van der Waals surface area contributed by atoms with Gasteiger partial charge in [0.1, 0.15) is 0 Å². The first-order valence-corrected chi connectivity index (χ1v) is 4.83. The van der Waals surface area contributed by atoms with E-state index in [2.05, 4.69) is 4.98 Å². The van der Waals surface area contributed by atoms with Crippen LogP contribution in [0, 0.1) is 0 Å². The SMILES string of the molecule is Nc1ccc(Sc2ccc[nH]2)cc1. The summed E-state index contributed by atoms with van der Waals surface area (Å²) < 4.78 is 0. The molecular weight excluding hydrogens is 180 g/mol. The molecule has 3 N–H and O–H groups in total. The van der Waals surface area contributed by atoms with Crippen LogP contribution in [0.5, 0.6) is 0 Å². The molecule has 0 fully saturated rings. The number of anilines is 1. The number of aromatic nitrogens is 1. The lowest BCUT2D eigenvalue weighted by atomic mass is 10.3. The van der Waals surface area contributed by atoms with Gasteiger partial charge in [-0.05, 0) is 36.4 Å². The van der Waals surface area contributed by atoms with E-state index < -0.39 is 0 Å². The molecule has 1 heterocycles. The zero-order valence-corrected chi connectivity index (χ0v) is 7.84. The topological polar surface area (TPSA) is 41.8 Å². The molecule has 0 bridgehead atoms. The lowest BCUT2D eigenvalue weighted by Gasteiger charge is -1.98. The van der Waals surface area contributed by atoms with E-state index in [0.717, 1.165) is 10.7 Å². The Morgan fingerprint density at radius 1 is 1.08 bits per heavy atom. The first-order chi connectivity index (χ1) is 6.34. The van der Waals surface area contributed by atoms with Crippen LogP contribution in [0.25, 0.3) is 0 Å². The number of hydrogen-bond donors (Lipinski definition) is 2. The van der Waals surface area contributed by atoms with Gasteiger partial charge in [-0.1, -0.05) is 11.8 Å². The van der Waals surface area contributed by atoms with E-state index in [-0.39, 0.29) is 0 Å². The summed E-state index contributed by atoms with van der Waals surface area (Å²) in [7, 11) is 0. The predicted molar refractivity (Wildman–Crippen MR) is 55.8 cm³/mol. The molecule has 66 valence electrons. The number of benzene rings is 1. The fraction of sp³-hybridized carbons (Fsp3) is 0. The van der Waals surface area contributed by atoms with Gasteiger partial charge < -0.3 is 10.7 Å². The van der Waals surface area contributed by atoms with E-state index in [0.29, 0.717) is 0 Å². The predicted octanol–water partition coefficient (Wildman–Crippen LogP) is 2.75. The van der Waals surface area contributed by atoms with Gasteiger partial charge >= 0.3 is 0 Å². The van der Waals surface area contributed by atoms with Crippen LogP contribution >= 0.6 is 11.8 Å². The molecule has 0 atom stereocenters. The second-order valence-corrected chi connectivity index (χ2v) is 3.82. The number of rotatable bonds is 2. The Bertz CT molecular complexity index is 364. The number of nitrogen functional groups attached to an aromatic ring is 1. The molecule has 0 aliphatic heterocycles. The fourth-order valence-corrected chi connectivity index (χ4v) is 1.84. The molecule has 3 heteroatoms. The van der Waals surface area contributed by atoms with E-state index in [9.17, 15) is 0 Å². The normalized spacial score (nSPS) is 10.2. The monoisotopic (exact) mass is 190 g/mol. The lowest BCUT2D eigenvalue weighted by molar-refractivity contribution is 1.20. The first kappa shape index (κ1) is 8.26. The summed E-state index contributed by atoms with van der Waals surface area (Å²) in [5.74, 6) is 0. The third kappa shape index (κ3) is 2.06. The second kappa shape index (κ2) is 3.58. The minimum Gasteiger partial charge on any atom is -0.399 e. The summed E-state index contributed by atoms with van der Waals surface area (Å²) in [6.45, 7) is 0. The van der Waals surface area contributed by atoms with Crippen LogP contribution in [0.1, 0.15) is 0 Å². The Labute approximate surface area is 81.2 Å². The van der Waals surface area contributed by atoms with E-state index in [1.165, 1.54) is 4.90 Å². The van der Waals surface area contributed by atoms with Crippen LogP contribution < -0.4 is 5.73 Å². The van der Waals surface area contributed by atoms with Crippen molar-refractivity contribution in [1.29, 1.82) is 0 Å². The Balaban J connectivity index is 2.15. The number of nitrogens with two attached hydrogens (primary N) is 1. The van der Waals surface area contributed by atoms with Crippen molar-refractivity contribution in [2.45, 2.75) is 9.92 Å². The minimum absolute atomic E-state index is 0.802. The van der Waals surface area contributed by atoms with Crippen LogP contribution in [0.15, 0.2) is 52.5 Å². The molecule has 2 nitrogen and oxygen atoms in total. The molecule has 1 aromatic heterocycles. The van der Waals surface area contributed by atoms with Crippen molar-refractivity contribution in [3.8, 4) is 0 Å². The van der Waals surface area contributed by atoms with Gasteiger partial charge in [-0.2, -0.15) is 0 Å². The standard InChI is InChI=1S/C10H10N2S/c11-8-3-5-9(6-4-8)13-10-2-1-7-12-10/h1-7,12H,11H2. The van der Waals surface area contributed by atoms with Crippen molar-refractivity contribution in [3.63, 3.8) is 0 Å². The maximum atomic E-state index is 5.58. The van der Waals surface area contributed by atoms with Gasteiger partial charge in [0, 0.05) is 16.8 Å². The Hall–Kier alpha value is -1.35. The highest BCUT2D eigenvalue weighted by molar-refractivity contribution is 7.99. The molecule has 2 rings (SSSR count). The van der Waals surface area contributed by atoms with Crippen molar-refractivity contribution in [1.82, 2.24) is 4.98 Å². The summed E-state index contributed by atoms with van der Waals surface area (Å²) >= 11 is 1.69. The van der Waals surface area contributed by atoms with Crippen LogP contribution in [-0.2, 0) is 0 Å². The Morgan fingerprint density at radius 2 is 1.85 bits per heavy atom. The van der Waals surface area contributed by atoms with Crippen LogP contribution in [-0.4, -0.2) is 4.98 Å². The van der Waals surface area contributed by atoms with Gasteiger partial charge in [-0.15, -0.1) is 0 Å². The average molecular weight is 190 g/mol. The second-order valence-electron chi connectivity index (χ2n) is 2.71. The lowest BCUT2D eigenvalue weighted by Crippen LogP contribution is -1.82. The molecule has 0 unspecified atom stereocenters. The molecule has 0 aliphatic rings. The summed E-state index contributed by atoms with van der Waals surface area (Å²) in [4.78, 5) is 4.32. The van der Waals surface area contributed by atoms with Crippen LogP contribution in [0.4, 0.5) is 5.69 Å². The quantitative estimate of drug-likeness (QED) is 0.715. The molecular formula is C10H10N2S. The van der Waals surface area contributed by atoms with E-state index in [1.807, 2.05) is 42.6 Å². The van der Waals surface area contributed by atoms with Crippen molar-refractivity contribution in [2.24, 2.45) is 0 Å². The van der Waals surface area contributed by atoms with Crippen molar-refractivity contribution in [3.05, 3.63) is 42.6 Å². The maximum absolute atomic E-state index is 5.58. The first-order valence-electron chi connectivity index (χ1n) is 4.01. The maximum Gasteiger partial charge on any atom is 0.0769 e. The molecule has 2 aromatic rings. The number of nitrogens with one attached hydrogen (secondary N) is 1. The number of hydrogen-bond acceptors (Lipinski definition) is 2. The molecule has 1 aromatic carbocycles. The van der Waals surface area contributed by atoms with Gasteiger partial charge in [-0.3, -0.25) is 0 Å². The van der Waals surface area contributed by atoms with Crippen molar-refractivity contribution >= 4 is 17.4 Å². The molecule has 0 spiro atoms. The van der Waals surface area contributed by atoms with Gasteiger partial charge in [-0.25, -0.2) is 0 Å². The zero-order valence-electron chi connectivity index (χ0n) is 7.03. The van der Waals surface area contributed by atoms with E-state index in [4.69, 9.17) is 5.73 Å². The molecule has 0 saturated heterocycles. The highest BCUT2D eigenvalue weighted by Crippen LogP contribution is 2.26. The van der Waals surface area contributed by atoms with Crippen molar-refractivity contribution < 1.29 is 0 Å². The summed E-state index contributed by atoms with van der Waals surface area (Å²) in [6, 6.07) is 11.9. The fourth-order valence-electron chi connectivity index (χ4n) is 1.04. The summed E-state index contributed by atoms with van der Waals surface area (Å²) in [5.41, 5.74) is 6.38. The smallest absolute Gasteiger partial charge is 0.0769 e. The minimum atomic E-state index is 0.802. The highest BCUT2D eigenvalue weighted by Gasteiger charge is 1.96. The van der Waals surface area contributed by atoms with Gasteiger partial charge in [0.15, 0.2) is 0 Å². The van der Waals surface area contributed by atoms with Crippen LogP contribution in [0.3, 0.4) is 0 Å². The number of aromatic amines is 1. The largest absolute Gasteiger partial charge is 0.399 e. The van der Waals surface area contributed by atoms with Crippen molar-refractivity contribution in [2.75, 3.05) is 5.73 Å². The molecule has 0 radical (unpaired) electrons. The summed E-state index contributed by atoms with van der Waals surface area (Å²) in [5, 5.41) is 1.14. The third-order valence-corrected chi connectivity index (χ3v) is 2.66. The number of H-pyrrole nitrogens is 1. The van der Waals surface area contributed by atoms with Gasteiger partial charge in [0.2, 0.25) is 0 Å². The Morgan fingerprint density at radius 3 is 2.46 bits per heavy atom. The Kier molecular flexibility index (Phi) is 2.27. The van der Waals surface area contributed by atoms with E-state index in [1.54, 1.807) is 11.8 Å². The van der Waals surface area contributed by atoms with E-state index >= 15 is 0 Å². The van der Waals surface area contributed by atoms with Gasteiger partial charge in [0.25, 0.3) is 0 Å². The zero-order chi connectivity index (χ0) is 9.10. The summed E-state index contributed by atoms with van der Waals surface area (Å²) in [6.07, 6.45) is 1.92. The molecule has 0 aliphatic carbocycles. The molecule has 0 saturated carbocycles. The highest BCUT2D eigenvalue weighted by atomic mass is 32.2. The average Bonchev–Trinajstić information content (AvgIpc) is 2.62.